The van der Waals surface area contributed by atoms with Gasteiger partial charge in [-0.05, 0) is 50.4 Å². The third-order valence-corrected chi connectivity index (χ3v) is 3.95. The molecule has 2 N–H and O–H groups in total. The summed E-state index contributed by atoms with van der Waals surface area (Å²) in [6, 6.07) is 0.414. The summed E-state index contributed by atoms with van der Waals surface area (Å²) in [6.45, 7) is 10.7. The second-order valence-corrected chi connectivity index (χ2v) is 5.72. The average molecular weight is 209 g/mol. The van der Waals surface area contributed by atoms with E-state index in [2.05, 4.69) is 27.4 Å². The molecule has 1 unspecified atom stereocenters. The summed E-state index contributed by atoms with van der Waals surface area (Å²) >= 11 is 0. The van der Waals surface area contributed by atoms with Crippen molar-refractivity contribution in [3.63, 3.8) is 0 Å². The first-order valence-corrected chi connectivity index (χ1v) is 6.39. The van der Waals surface area contributed by atoms with Crippen LogP contribution in [0.3, 0.4) is 0 Å². The largest absolute Gasteiger partial charge is 0.327 e. The maximum absolute atomic E-state index is 6.40. The minimum atomic E-state index is 0.414. The second-order valence-electron chi connectivity index (χ2n) is 5.72. The minimum Gasteiger partial charge on any atom is -0.327 e. The van der Waals surface area contributed by atoms with Crippen molar-refractivity contribution in [1.29, 1.82) is 0 Å². The van der Waals surface area contributed by atoms with Crippen LogP contribution in [0.25, 0.3) is 0 Å². The molecule has 0 aromatic heterocycles. The topological polar surface area (TPSA) is 26.0 Å². The summed E-state index contributed by atoms with van der Waals surface area (Å²) in [7, 11) is 0. The van der Waals surface area contributed by atoms with E-state index >= 15 is 0 Å². The zero-order valence-corrected chi connectivity index (χ0v) is 10.7. The summed E-state index contributed by atoms with van der Waals surface area (Å²) in [5.74, 6) is 0.708. The number of rotatable bonds is 7. The lowest BCUT2D eigenvalue weighted by Crippen LogP contribution is -2.37. The third kappa shape index (κ3) is 3.64. The van der Waals surface area contributed by atoms with E-state index in [0.29, 0.717) is 17.4 Å². The molecular formula is C14H27N. The first-order valence-electron chi connectivity index (χ1n) is 6.39. The van der Waals surface area contributed by atoms with E-state index in [0.717, 1.165) is 6.42 Å². The van der Waals surface area contributed by atoms with Crippen molar-refractivity contribution in [2.45, 2.75) is 65.3 Å². The highest BCUT2D eigenvalue weighted by Crippen LogP contribution is 2.50. The monoisotopic (exact) mass is 209 g/mol. The van der Waals surface area contributed by atoms with Crippen molar-refractivity contribution in [1.82, 2.24) is 0 Å². The van der Waals surface area contributed by atoms with Gasteiger partial charge in [0, 0.05) is 6.04 Å². The van der Waals surface area contributed by atoms with Gasteiger partial charge in [-0.25, -0.2) is 0 Å². The Kier molecular flexibility index (Phi) is 4.39. The molecule has 88 valence electrons. The van der Waals surface area contributed by atoms with Crippen LogP contribution in [0, 0.1) is 11.3 Å². The molecule has 0 aliphatic heterocycles. The molecule has 0 heterocycles. The molecule has 0 bridgehead atoms. The Morgan fingerprint density at radius 3 is 2.40 bits per heavy atom. The van der Waals surface area contributed by atoms with E-state index in [9.17, 15) is 0 Å². The summed E-state index contributed by atoms with van der Waals surface area (Å²) in [6.07, 6.45) is 7.59. The molecule has 1 nitrogen and oxygen atoms in total. The molecule has 0 aromatic carbocycles. The fraction of sp³-hybridized carbons (Fsp3) is 0.857. The highest BCUT2D eigenvalue weighted by molar-refractivity contribution is 5.00. The summed E-state index contributed by atoms with van der Waals surface area (Å²) in [5, 5.41) is 0. The Morgan fingerprint density at radius 1 is 1.40 bits per heavy atom. The average Bonchev–Trinajstić information content (AvgIpc) is 2.91. The van der Waals surface area contributed by atoms with Crippen LogP contribution in [0.4, 0.5) is 0 Å². The fourth-order valence-electron chi connectivity index (χ4n) is 2.41. The number of hydrogen-bond donors (Lipinski definition) is 1. The summed E-state index contributed by atoms with van der Waals surface area (Å²) < 4.78 is 0. The van der Waals surface area contributed by atoms with Crippen LogP contribution < -0.4 is 5.73 Å². The summed E-state index contributed by atoms with van der Waals surface area (Å²) in [5.41, 5.74) is 8.16. The fourth-order valence-corrected chi connectivity index (χ4v) is 2.41. The molecule has 1 fully saturated rings. The van der Waals surface area contributed by atoms with E-state index in [4.69, 9.17) is 5.73 Å². The van der Waals surface area contributed by atoms with E-state index in [1.165, 1.54) is 37.7 Å². The van der Waals surface area contributed by atoms with Gasteiger partial charge in [0.15, 0.2) is 0 Å². The Morgan fingerprint density at radius 2 is 2.00 bits per heavy atom. The van der Waals surface area contributed by atoms with Gasteiger partial charge >= 0.3 is 0 Å². The second kappa shape index (κ2) is 5.16. The predicted molar refractivity (Wildman–Crippen MR) is 67.8 cm³/mol. The first-order chi connectivity index (χ1) is 6.99. The van der Waals surface area contributed by atoms with Gasteiger partial charge in [-0.1, -0.05) is 25.8 Å². The molecule has 0 amide bonds. The Balaban J connectivity index is 2.45. The number of hydrogen-bond acceptors (Lipinski definition) is 1. The predicted octanol–water partition coefficient (Wildman–Crippen LogP) is 3.89. The first kappa shape index (κ1) is 12.8. The minimum absolute atomic E-state index is 0.414. The van der Waals surface area contributed by atoms with E-state index < -0.39 is 0 Å². The number of allylic oxidation sites excluding steroid dienone is 1. The molecule has 0 aromatic rings. The molecular weight excluding hydrogens is 182 g/mol. The van der Waals surface area contributed by atoms with Gasteiger partial charge in [-0.2, -0.15) is 0 Å². The molecule has 2 atom stereocenters. The molecule has 1 saturated carbocycles. The molecule has 0 radical (unpaired) electrons. The van der Waals surface area contributed by atoms with Crippen molar-refractivity contribution in [3.05, 3.63) is 12.2 Å². The van der Waals surface area contributed by atoms with Crippen LogP contribution in [0.1, 0.15) is 59.3 Å². The van der Waals surface area contributed by atoms with Crippen LogP contribution in [-0.4, -0.2) is 6.04 Å². The molecule has 1 aliphatic carbocycles. The van der Waals surface area contributed by atoms with Crippen molar-refractivity contribution in [2.24, 2.45) is 17.1 Å². The van der Waals surface area contributed by atoms with E-state index in [-0.39, 0.29) is 0 Å². The van der Waals surface area contributed by atoms with E-state index in [1.54, 1.807) is 0 Å². The Hall–Kier alpha value is -0.300. The van der Waals surface area contributed by atoms with Crippen LogP contribution in [-0.2, 0) is 0 Å². The lowest BCUT2D eigenvalue weighted by molar-refractivity contribution is 0.276. The Bertz CT molecular complexity index is 215. The van der Waals surface area contributed by atoms with Gasteiger partial charge in [-0.15, -0.1) is 6.58 Å². The van der Waals surface area contributed by atoms with E-state index in [1.807, 2.05) is 0 Å². The molecule has 0 saturated heterocycles. The van der Waals surface area contributed by atoms with Crippen molar-refractivity contribution < 1.29 is 0 Å². The van der Waals surface area contributed by atoms with Crippen LogP contribution in [0.15, 0.2) is 12.2 Å². The highest BCUT2D eigenvalue weighted by Gasteiger charge is 2.45. The molecule has 1 rings (SSSR count). The zero-order valence-electron chi connectivity index (χ0n) is 10.7. The van der Waals surface area contributed by atoms with Crippen molar-refractivity contribution in [3.8, 4) is 0 Å². The lowest BCUT2D eigenvalue weighted by Gasteiger charge is -2.28. The van der Waals surface area contributed by atoms with Crippen molar-refractivity contribution >= 4 is 0 Å². The third-order valence-electron chi connectivity index (χ3n) is 3.95. The molecule has 1 aliphatic rings. The van der Waals surface area contributed by atoms with Gasteiger partial charge in [0.05, 0.1) is 0 Å². The normalized spacial score (nSPS) is 22.1. The summed E-state index contributed by atoms with van der Waals surface area (Å²) in [4.78, 5) is 0. The van der Waals surface area contributed by atoms with Gasteiger partial charge < -0.3 is 5.73 Å². The van der Waals surface area contributed by atoms with Gasteiger partial charge in [0.1, 0.15) is 0 Å². The van der Waals surface area contributed by atoms with Gasteiger partial charge in [0.2, 0.25) is 0 Å². The van der Waals surface area contributed by atoms with Crippen LogP contribution in [0.5, 0.6) is 0 Å². The number of nitrogens with two attached hydrogens (primary N) is 1. The highest BCUT2D eigenvalue weighted by atomic mass is 14.7. The molecule has 1 heteroatoms. The Labute approximate surface area is 95.1 Å². The maximum Gasteiger partial charge on any atom is 0.0121 e. The van der Waals surface area contributed by atoms with Gasteiger partial charge in [0.25, 0.3) is 0 Å². The van der Waals surface area contributed by atoms with Crippen LogP contribution >= 0.6 is 0 Å². The van der Waals surface area contributed by atoms with Gasteiger partial charge in [-0.3, -0.25) is 0 Å². The SMILES string of the molecule is C=C(C)CCC(CCC)[C@H](N)C1(C)CC1. The van der Waals surface area contributed by atoms with Crippen LogP contribution in [0.2, 0.25) is 0 Å². The lowest BCUT2D eigenvalue weighted by atomic mass is 9.81. The van der Waals surface area contributed by atoms with Crippen molar-refractivity contribution in [2.75, 3.05) is 0 Å². The smallest absolute Gasteiger partial charge is 0.0121 e. The maximum atomic E-state index is 6.40. The molecule has 15 heavy (non-hydrogen) atoms. The molecule has 0 spiro atoms. The zero-order chi connectivity index (χ0) is 11.5. The quantitative estimate of drug-likeness (QED) is 0.633. The standard InChI is InChI=1S/C14H27N/c1-5-6-12(8-7-11(2)3)13(15)14(4)9-10-14/h12-13H,2,5-10,15H2,1,3-4H3/t12?,13-/m0/s1.